The number of amides is 1. The van der Waals surface area contributed by atoms with Gasteiger partial charge in [0.1, 0.15) is 12.4 Å². The molecule has 0 aliphatic carbocycles. The summed E-state index contributed by atoms with van der Waals surface area (Å²) in [5.74, 6) is -0.0676. The number of halogens is 3. The predicted molar refractivity (Wildman–Crippen MR) is 81.4 cm³/mol. The van der Waals surface area contributed by atoms with Gasteiger partial charge in [-0.3, -0.25) is 9.59 Å². The van der Waals surface area contributed by atoms with Crippen molar-refractivity contribution >= 4 is 11.7 Å². The Hall–Kier alpha value is -2.84. The minimum atomic E-state index is -4.42. The summed E-state index contributed by atoms with van der Waals surface area (Å²) in [6.07, 6.45) is -2.18. The molecule has 0 aliphatic rings. The molecule has 2 aromatic rings. The van der Waals surface area contributed by atoms with Crippen LogP contribution in [0.1, 0.15) is 5.56 Å². The second-order valence-corrected chi connectivity index (χ2v) is 4.87. The highest BCUT2D eigenvalue weighted by Gasteiger charge is 2.30. The molecule has 2 aromatic heterocycles. The molecule has 0 saturated heterocycles. The molecule has 0 aromatic carbocycles. The van der Waals surface area contributed by atoms with Crippen molar-refractivity contribution in [3.05, 3.63) is 58.6 Å². The van der Waals surface area contributed by atoms with Gasteiger partial charge in [0.2, 0.25) is 5.91 Å². The molecule has 24 heavy (non-hydrogen) atoms. The summed E-state index contributed by atoms with van der Waals surface area (Å²) in [6.45, 7) is 0.426. The minimum Gasteiger partial charge on any atom is -0.368 e. The van der Waals surface area contributed by atoms with Crippen LogP contribution in [0.25, 0.3) is 0 Å². The summed E-state index contributed by atoms with van der Waals surface area (Å²) < 4.78 is 38.4. The Morgan fingerprint density at radius 2 is 1.96 bits per heavy atom. The average molecular weight is 340 g/mol. The number of rotatable bonds is 6. The molecule has 0 saturated carbocycles. The molecule has 6 nitrogen and oxygen atoms in total. The van der Waals surface area contributed by atoms with Crippen LogP contribution in [0, 0.1) is 0 Å². The maximum Gasteiger partial charge on any atom is 0.417 e. The van der Waals surface area contributed by atoms with Crippen LogP contribution < -0.4 is 16.2 Å². The molecule has 2 N–H and O–H groups in total. The topological polar surface area (TPSA) is 76.0 Å². The van der Waals surface area contributed by atoms with E-state index in [1.54, 1.807) is 12.1 Å². The first-order chi connectivity index (χ1) is 11.4. The average Bonchev–Trinajstić information content (AvgIpc) is 2.53. The number of alkyl halides is 3. The SMILES string of the molecule is O=C(Cn1ccccc1=O)NCCNc1ccc(C(F)(F)F)cn1. The smallest absolute Gasteiger partial charge is 0.368 e. The lowest BCUT2D eigenvalue weighted by molar-refractivity contribution is -0.137. The molecule has 0 bridgehead atoms. The van der Waals surface area contributed by atoms with E-state index in [0.717, 1.165) is 12.3 Å². The van der Waals surface area contributed by atoms with Crippen molar-refractivity contribution in [2.24, 2.45) is 0 Å². The lowest BCUT2D eigenvalue weighted by atomic mass is 10.3. The van der Waals surface area contributed by atoms with Crippen LogP contribution in [0.5, 0.6) is 0 Å². The normalized spacial score (nSPS) is 11.1. The highest BCUT2D eigenvalue weighted by atomic mass is 19.4. The van der Waals surface area contributed by atoms with Gasteiger partial charge in [-0.05, 0) is 18.2 Å². The van der Waals surface area contributed by atoms with E-state index in [9.17, 15) is 22.8 Å². The summed E-state index contributed by atoms with van der Waals surface area (Å²) >= 11 is 0. The fraction of sp³-hybridized carbons (Fsp3) is 0.267. The van der Waals surface area contributed by atoms with E-state index in [0.29, 0.717) is 0 Å². The van der Waals surface area contributed by atoms with E-state index >= 15 is 0 Å². The summed E-state index contributed by atoms with van der Waals surface area (Å²) in [7, 11) is 0. The van der Waals surface area contributed by atoms with E-state index in [-0.39, 0.29) is 36.9 Å². The van der Waals surface area contributed by atoms with E-state index < -0.39 is 11.7 Å². The van der Waals surface area contributed by atoms with Gasteiger partial charge in [-0.2, -0.15) is 13.2 Å². The number of carbonyl (C=O) groups is 1. The van der Waals surface area contributed by atoms with Gasteiger partial charge < -0.3 is 15.2 Å². The van der Waals surface area contributed by atoms with Crippen molar-refractivity contribution in [1.82, 2.24) is 14.9 Å². The van der Waals surface area contributed by atoms with Gasteiger partial charge in [0.25, 0.3) is 5.56 Å². The quantitative estimate of drug-likeness (QED) is 0.781. The summed E-state index contributed by atoms with van der Waals surface area (Å²) in [5, 5.41) is 5.39. The molecule has 0 aliphatic heterocycles. The monoisotopic (exact) mass is 340 g/mol. The maximum atomic E-state index is 12.4. The maximum absolute atomic E-state index is 12.4. The second kappa shape index (κ2) is 7.62. The standard InChI is InChI=1S/C15H15F3N4O2/c16-15(17,18)11-4-5-12(21-9-11)19-6-7-20-13(23)10-22-8-2-1-3-14(22)24/h1-5,8-9H,6-7,10H2,(H,19,21)(H,20,23). The number of hydrogen-bond donors (Lipinski definition) is 2. The zero-order valence-corrected chi connectivity index (χ0v) is 12.5. The molecule has 2 heterocycles. The van der Waals surface area contributed by atoms with Crippen LogP contribution in [-0.2, 0) is 17.5 Å². The van der Waals surface area contributed by atoms with Crippen molar-refractivity contribution in [2.45, 2.75) is 12.7 Å². The molecule has 0 radical (unpaired) electrons. The summed E-state index contributed by atoms with van der Waals surface area (Å²) in [5.41, 5.74) is -1.10. The van der Waals surface area contributed by atoms with Crippen molar-refractivity contribution in [3.63, 3.8) is 0 Å². The molecule has 1 amide bonds. The Bertz CT molecular complexity index is 741. The van der Waals surface area contributed by atoms with Gasteiger partial charge in [-0.25, -0.2) is 4.98 Å². The zero-order chi connectivity index (χ0) is 17.6. The van der Waals surface area contributed by atoms with Crippen LogP contribution in [0.15, 0.2) is 47.5 Å². The minimum absolute atomic E-state index is 0.0990. The first-order valence-electron chi connectivity index (χ1n) is 7.05. The molecule has 0 atom stereocenters. The van der Waals surface area contributed by atoms with Gasteiger partial charge in [-0.15, -0.1) is 0 Å². The van der Waals surface area contributed by atoms with Crippen molar-refractivity contribution in [2.75, 3.05) is 18.4 Å². The van der Waals surface area contributed by atoms with Crippen LogP contribution in [-0.4, -0.2) is 28.5 Å². The molecular weight excluding hydrogens is 325 g/mol. The second-order valence-electron chi connectivity index (χ2n) is 4.87. The van der Waals surface area contributed by atoms with Gasteiger partial charge in [0, 0.05) is 31.5 Å². The van der Waals surface area contributed by atoms with E-state index in [1.807, 2.05) is 0 Å². The third-order valence-electron chi connectivity index (χ3n) is 3.06. The first-order valence-corrected chi connectivity index (χ1v) is 7.05. The number of nitrogens with one attached hydrogen (secondary N) is 2. The molecule has 0 spiro atoms. The number of pyridine rings is 2. The Morgan fingerprint density at radius 1 is 1.17 bits per heavy atom. The number of carbonyl (C=O) groups excluding carboxylic acids is 1. The Morgan fingerprint density at radius 3 is 2.58 bits per heavy atom. The fourth-order valence-corrected chi connectivity index (χ4v) is 1.86. The fourth-order valence-electron chi connectivity index (χ4n) is 1.86. The molecule has 0 fully saturated rings. The highest BCUT2D eigenvalue weighted by Crippen LogP contribution is 2.28. The Labute approximate surface area is 135 Å². The summed E-state index contributed by atoms with van der Waals surface area (Å²) in [4.78, 5) is 26.8. The number of hydrogen-bond acceptors (Lipinski definition) is 4. The predicted octanol–water partition coefficient (Wildman–Crippen LogP) is 1.49. The Balaban J connectivity index is 1.74. The van der Waals surface area contributed by atoms with E-state index in [4.69, 9.17) is 0 Å². The Kier molecular flexibility index (Phi) is 5.56. The number of aromatic nitrogens is 2. The lowest BCUT2D eigenvalue weighted by Gasteiger charge is -2.10. The number of nitrogens with zero attached hydrogens (tertiary/aromatic N) is 2. The van der Waals surface area contributed by atoms with Crippen LogP contribution >= 0.6 is 0 Å². The van der Waals surface area contributed by atoms with Crippen LogP contribution in [0.4, 0.5) is 19.0 Å². The lowest BCUT2D eigenvalue weighted by Crippen LogP contribution is -2.34. The first kappa shape index (κ1) is 17.5. The molecule has 2 rings (SSSR count). The molecule has 0 unspecified atom stereocenters. The van der Waals surface area contributed by atoms with Crippen molar-refractivity contribution in [3.8, 4) is 0 Å². The largest absolute Gasteiger partial charge is 0.417 e. The van der Waals surface area contributed by atoms with E-state index in [1.165, 1.54) is 22.9 Å². The molecular formula is C15H15F3N4O2. The van der Waals surface area contributed by atoms with Gasteiger partial charge >= 0.3 is 6.18 Å². The van der Waals surface area contributed by atoms with Gasteiger partial charge in [-0.1, -0.05) is 6.07 Å². The van der Waals surface area contributed by atoms with Crippen LogP contribution in [0.2, 0.25) is 0 Å². The van der Waals surface area contributed by atoms with E-state index in [2.05, 4.69) is 15.6 Å². The third-order valence-corrected chi connectivity index (χ3v) is 3.06. The highest BCUT2D eigenvalue weighted by molar-refractivity contribution is 5.75. The zero-order valence-electron chi connectivity index (χ0n) is 12.5. The molecule has 128 valence electrons. The third kappa shape index (κ3) is 5.11. The summed E-state index contributed by atoms with van der Waals surface area (Å²) in [6, 6.07) is 6.72. The molecule has 9 heteroatoms. The van der Waals surface area contributed by atoms with Crippen LogP contribution in [0.3, 0.4) is 0 Å². The van der Waals surface area contributed by atoms with Gasteiger partial charge in [0.15, 0.2) is 0 Å². The van der Waals surface area contributed by atoms with Crippen molar-refractivity contribution < 1.29 is 18.0 Å². The van der Waals surface area contributed by atoms with Crippen molar-refractivity contribution in [1.29, 1.82) is 0 Å². The van der Waals surface area contributed by atoms with Gasteiger partial charge in [0.05, 0.1) is 5.56 Å². The number of anilines is 1.